The maximum absolute atomic E-state index is 12.6. The minimum Gasteiger partial charge on any atom is -0.494 e. The predicted molar refractivity (Wildman–Crippen MR) is 110 cm³/mol. The van der Waals surface area contributed by atoms with Crippen LogP contribution in [0.4, 0.5) is 11.4 Å². The summed E-state index contributed by atoms with van der Waals surface area (Å²) in [4.78, 5) is 26.5. The lowest BCUT2D eigenvalue weighted by molar-refractivity contribution is -0.116. The van der Waals surface area contributed by atoms with Crippen LogP contribution in [-0.4, -0.2) is 24.2 Å². The average molecular weight is 385 g/mol. The zero-order valence-electron chi connectivity index (χ0n) is 15.6. The second-order valence-corrected chi connectivity index (χ2v) is 7.31. The number of thioether (sulfide) groups is 1. The molecule has 142 valence electrons. The molecular formula is C21H24N2O3S. The largest absolute Gasteiger partial charge is 0.494 e. The molecular weight excluding hydrogens is 360 g/mol. The number of carbonyl (C=O) groups excluding carboxylic acids is 2. The second kappa shape index (κ2) is 8.95. The zero-order valence-corrected chi connectivity index (χ0v) is 16.4. The van der Waals surface area contributed by atoms with Gasteiger partial charge in [0.05, 0.1) is 12.4 Å². The van der Waals surface area contributed by atoms with Crippen molar-refractivity contribution < 1.29 is 14.3 Å². The van der Waals surface area contributed by atoms with E-state index < -0.39 is 0 Å². The molecule has 2 amide bonds. The van der Waals surface area contributed by atoms with Crippen LogP contribution in [0.15, 0.2) is 48.5 Å². The van der Waals surface area contributed by atoms with Crippen molar-refractivity contribution in [2.45, 2.75) is 32.1 Å². The molecule has 1 aliphatic rings. The Morgan fingerprint density at radius 1 is 1.19 bits per heavy atom. The molecule has 1 atom stereocenters. The lowest BCUT2D eigenvalue weighted by Crippen LogP contribution is -2.28. The number of nitrogens with one attached hydrogen (secondary N) is 1. The Morgan fingerprint density at radius 2 is 1.93 bits per heavy atom. The van der Waals surface area contributed by atoms with E-state index in [1.807, 2.05) is 62.4 Å². The number of benzene rings is 2. The monoisotopic (exact) mass is 384 g/mol. The third kappa shape index (κ3) is 4.45. The smallest absolute Gasteiger partial charge is 0.238 e. The minimum atomic E-state index is -0.173. The quantitative estimate of drug-likeness (QED) is 0.758. The average Bonchev–Trinajstić information content (AvgIpc) is 3.05. The molecule has 3 rings (SSSR count). The van der Waals surface area contributed by atoms with Crippen molar-refractivity contribution in [3.8, 4) is 5.75 Å². The zero-order chi connectivity index (χ0) is 19.2. The van der Waals surface area contributed by atoms with Crippen LogP contribution >= 0.6 is 11.8 Å². The molecule has 2 aromatic rings. The van der Waals surface area contributed by atoms with Crippen LogP contribution < -0.4 is 15.0 Å². The van der Waals surface area contributed by atoms with E-state index in [0.29, 0.717) is 18.8 Å². The molecule has 5 nitrogen and oxygen atoms in total. The molecule has 27 heavy (non-hydrogen) atoms. The van der Waals surface area contributed by atoms with Crippen molar-refractivity contribution in [2.75, 3.05) is 22.6 Å². The van der Waals surface area contributed by atoms with Gasteiger partial charge in [0.1, 0.15) is 11.1 Å². The molecule has 0 saturated carbocycles. The standard InChI is InChI=1S/C21H24N2O3S/c1-3-7-19(24)22-18-9-6-5-8-17(18)21-23(20(25)14-27-21)15-10-12-16(13-11-15)26-4-2/h5-6,8-13,21H,3-4,7,14H2,1-2H3,(H,22,24)/t21-/m1/s1. The van der Waals surface area contributed by atoms with Crippen molar-refractivity contribution in [3.05, 3.63) is 54.1 Å². The number of nitrogens with zero attached hydrogens (tertiary/aromatic N) is 1. The highest BCUT2D eigenvalue weighted by molar-refractivity contribution is 8.00. The predicted octanol–water partition coefficient (Wildman–Crippen LogP) is 4.60. The molecule has 0 aromatic heterocycles. The third-order valence-corrected chi connectivity index (χ3v) is 5.47. The van der Waals surface area contributed by atoms with Gasteiger partial charge < -0.3 is 10.1 Å². The first-order chi connectivity index (χ1) is 13.1. The molecule has 1 heterocycles. The second-order valence-electron chi connectivity index (χ2n) is 6.24. The van der Waals surface area contributed by atoms with Crippen molar-refractivity contribution in [2.24, 2.45) is 0 Å². The summed E-state index contributed by atoms with van der Waals surface area (Å²) in [6.07, 6.45) is 1.27. The first-order valence-corrected chi connectivity index (χ1v) is 10.2. The van der Waals surface area contributed by atoms with Gasteiger partial charge in [-0.3, -0.25) is 14.5 Å². The van der Waals surface area contributed by atoms with Gasteiger partial charge in [0.2, 0.25) is 11.8 Å². The number of carbonyl (C=O) groups is 2. The maximum Gasteiger partial charge on any atom is 0.238 e. The van der Waals surface area contributed by atoms with Crippen LogP contribution in [0.2, 0.25) is 0 Å². The number of hydrogen-bond acceptors (Lipinski definition) is 4. The van der Waals surface area contributed by atoms with Crippen LogP contribution in [-0.2, 0) is 9.59 Å². The van der Waals surface area contributed by atoms with Crippen LogP contribution in [0.3, 0.4) is 0 Å². The molecule has 0 unspecified atom stereocenters. The summed E-state index contributed by atoms with van der Waals surface area (Å²) in [6.45, 7) is 4.52. The van der Waals surface area contributed by atoms with Crippen molar-refractivity contribution in [3.63, 3.8) is 0 Å². The SMILES string of the molecule is CCCC(=O)Nc1ccccc1[C@H]1SCC(=O)N1c1ccc(OCC)cc1. The van der Waals surface area contributed by atoms with E-state index in [4.69, 9.17) is 4.74 Å². The van der Waals surface area contributed by atoms with Crippen LogP contribution in [0.25, 0.3) is 0 Å². The summed E-state index contributed by atoms with van der Waals surface area (Å²) in [7, 11) is 0. The molecule has 1 N–H and O–H groups in total. The minimum absolute atomic E-state index is 0.00751. The van der Waals surface area contributed by atoms with Gasteiger partial charge in [-0.1, -0.05) is 25.1 Å². The highest BCUT2D eigenvalue weighted by atomic mass is 32.2. The van der Waals surface area contributed by atoms with E-state index in [1.165, 1.54) is 0 Å². The molecule has 0 radical (unpaired) electrons. The Kier molecular flexibility index (Phi) is 6.40. The first kappa shape index (κ1) is 19.3. The van der Waals surface area contributed by atoms with Crippen molar-refractivity contribution >= 4 is 35.0 Å². The van der Waals surface area contributed by atoms with E-state index >= 15 is 0 Å². The summed E-state index contributed by atoms with van der Waals surface area (Å²) in [5.74, 6) is 1.25. The van der Waals surface area contributed by atoms with E-state index in [9.17, 15) is 9.59 Å². The first-order valence-electron chi connectivity index (χ1n) is 9.19. The summed E-state index contributed by atoms with van der Waals surface area (Å²) >= 11 is 1.57. The van der Waals surface area contributed by atoms with Crippen molar-refractivity contribution in [1.82, 2.24) is 0 Å². The number of rotatable bonds is 7. The number of amides is 2. The Hall–Kier alpha value is -2.47. The maximum atomic E-state index is 12.6. The van der Waals surface area contributed by atoms with Crippen LogP contribution in [0.1, 0.15) is 37.6 Å². The molecule has 0 aliphatic carbocycles. The fraction of sp³-hybridized carbons (Fsp3) is 0.333. The summed E-state index contributed by atoms with van der Waals surface area (Å²) < 4.78 is 5.49. The molecule has 6 heteroatoms. The molecule has 0 spiro atoms. The van der Waals surface area contributed by atoms with E-state index in [-0.39, 0.29) is 17.2 Å². The van der Waals surface area contributed by atoms with Crippen molar-refractivity contribution in [1.29, 1.82) is 0 Å². The third-order valence-electron chi connectivity index (χ3n) is 4.27. The molecule has 1 fully saturated rings. The van der Waals surface area contributed by atoms with Gasteiger partial charge >= 0.3 is 0 Å². The highest BCUT2D eigenvalue weighted by Gasteiger charge is 2.35. The number of ether oxygens (including phenoxy) is 1. The lowest BCUT2D eigenvalue weighted by atomic mass is 10.1. The summed E-state index contributed by atoms with van der Waals surface area (Å²) in [5, 5.41) is 2.82. The summed E-state index contributed by atoms with van der Waals surface area (Å²) in [6, 6.07) is 15.3. The summed E-state index contributed by atoms with van der Waals surface area (Å²) in [5.41, 5.74) is 2.53. The number of hydrogen-bond donors (Lipinski definition) is 1. The Morgan fingerprint density at radius 3 is 2.63 bits per heavy atom. The van der Waals surface area contributed by atoms with E-state index in [2.05, 4.69) is 5.32 Å². The fourth-order valence-electron chi connectivity index (χ4n) is 3.07. The van der Waals surface area contributed by atoms with Gasteiger partial charge in [0.25, 0.3) is 0 Å². The van der Waals surface area contributed by atoms with Gasteiger partial charge in [0.15, 0.2) is 0 Å². The van der Waals surface area contributed by atoms with Gasteiger partial charge in [0, 0.05) is 23.4 Å². The molecule has 2 aromatic carbocycles. The Balaban J connectivity index is 1.89. The van der Waals surface area contributed by atoms with Crippen LogP contribution in [0, 0.1) is 0 Å². The number of anilines is 2. The number of para-hydroxylation sites is 1. The van der Waals surface area contributed by atoms with E-state index in [0.717, 1.165) is 29.1 Å². The van der Waals surface area contributed by atoms with E-state index in [1.54, 1.807) is 16.7 Å². The van der Waals surface area contributed by atoms with Gasteiger partial charge in [-0.2, -0.15) is 0 Å². The van der Waals surface area contributed by atoms with Crippen LogP contribution in [0.5, 0.6) is 5.75 Å². The van der Waals surface area contributed by atoms with Gasteiger partial charge in [-0.05, 0) is 43.7 Å². The lowest BCUT2D eigenvalue weighted by Gasteiger charge is -2.26. The fourth-order valence-corrected chi connectivity index (χ4v) is 4.28. The Bertz CT molecular complexity index is 807. The van der Waals surface area contributed by atoms with Gasteiger partial charge in [-0.25, -0.2) is 0 Å². The molecule has 1 aliphatic heterocycles. The normalized spacial score (nSPS) is 16.4. The van der Waals surface area contributed by atoms with Gasteiger partial charge in [-0.15, -0.1) is 11.8 Å². The molecule has 1 saturated heterocycles. The molecule has 0 bridgehead atoms. The topological polar surface area (TPSA) is 58.6 Å². The Labute approximate surface area is 164 Å². The highest BCUT2D eigenvalue weighted by Crippen LogP contribution is 2.44.